The first kappa shape index (κ1) is 16.4. The van der Waals surface area contributed by atoms with E-state index in [-0.39, 0.29) is 17.6 Å². The first-order valence-electron chi connectivity index (χ1n) is 8.75. The fraction of sp³-hybridized carbons (Fsp3) is 0.474. The molecule has 4 rings (SSSR count). The molecule has 1 atom stereocenters. The molecule has 0 aliphatic carbocycles. The van der Waals surface area contributed by atoms with Gasteiger partial charge < -0.3 is 9.47 Å². The molecule has 2 aromatic rings. The molecule has 0 bridgehead atoms. The Hall–Kier alpha value is -2.05. The third-order valence-corrected chi connectivity index (χ3v) is 5.10. The van der Waals surface area contributed by atoms with Crippen molar-refractivity contribution in [2.45, 2.75) is 37.5 Å². The number of aromatic nitrogens is 2. The van der Waals surface area contributed by atoms with Crippen LogP contribution in [0, 0.1) is 5.82 Å². The number of rotatable bonds is 4. The number of pyridine rings is 2. The van der Waals surface area contributed by atoms with Crippen LogP contribution in [0.4, 0.5) is 4.39 Å². The van der Waals surface area contributed by atoms with E-state index >= 15 is 0 Å². The lowest BCUT2D eigenvalue weighted by molar-refractivity contribution is -0.0455. The highest BCUT2D eigenvalue weighted by molar-refractivity contribution is 5.14. The van der Waals surface area contributed by atoms with Gasteiger partial charge in [-0.25, -0.2) is 9.37 Å². The minimum Gasteiger partial charge on any atom is -0.470 e. The Balaban J connectivity index is 1.31. The molecule has 25 heavy (non-hydrogen) atoms. The van der Waals surface area contributed by atoms with Gasteiger partial charge in [-0.2, -0.15) is 0 Å². The summed E-state index contributed by atoms with van der Waals surface area (Å²) >= 11 is 0. The van der Waals surface area contributed by atoms with Crippen molar-refractivity contribution in [1.82, 2.24) is 14.9 Å². The lowest BCUT2D eigenvalue weighted by Gasteiger charge is -2.38. The van der Waals surface area contributed by atoms with Crippen molar-refractivity contribution in [2.24, 2.45) is 0 Å². The summed E-state index contributed by atoms with van der Waals surface area (Å²) in [7, 11) is 0. The maximum Gasteiger partial charge on any atom is 0.250 e. The van der Waals surface area contributed by atoms with E-state index in [4.69, 9.17) is 9.47 Å². The van der Waals surface area contributed by atoms with E-state index in [1.165, 1.54) is 11.6 Å². The molecule has 0 aromatic carbocycles. The summed E-state index contributed by atoms with van der Waals surface area (Å²) in [5.41, 5.74) is 1.15. The second-order valence-corrected chi connectivity index (χ2v) is 6.86. The Labute approximate surface area is 146 Å². The maximum atomic E-state index is 13.7. The molecular weight excluding hydrogens is 321 g/mol. The molecule has 132 valence electrons. The normalized spacial score (nSPS) is 23.0. The summed E-state index contributed by atoms with van der Waals surface area (Å²) < 4.78 is 25.5. The average Bonchev–Trinajstić information content (AvgIpc) is 3.03. The zero-order valence-electron chi connectivity index (χ0n) is 14.1. The maximum absolute atomic E-state index is 13.7. The molecule has 0 amide bonds. The molecular formula is C19H22FN3O2. The number of nitrogens with zero attached hydrogens (tertiary/aromatic N) is 3. The fourth-order valence-corrected chi connectivity index (χ4v) is 3.71. The first-order valence-corrected chi connectivity index (χ1v) is 8.75. The zero-order valence-corrected chi connectivity index (χ0v) is 14.1. The molecule has 2 aliphatic heterocycles. The van der Waals surface area contributed by atoms with E-state index < -0.39 is 5.82 Å². The number of ether oxygens (including phenoxy) is 2. The van der Waals surface area contributed by atoms with Gasteiger partial charge in [0.15, 0.2) is 5.82 Å². The van der Waals surface area contributed by atoms with Crippen LogP contribution in [0.1, 0.15) is 24.8 Å². The van der Waals surface area contributed by atoms with Crippen molar-refractivity contribution in [2.75, 3.05) is 19.7 Å². The van der Waals surface area contributed by atoms with Gasteiger partial charge in [0.05, 0.1) is 12.2 Å². The summed E-state index contributed by atoms with van der Waals surface area (Å²) in [4.78, 5) is 10.5. The topological polar surface area (TPSA) is 47.5 Å². The van der Waals surface area contributed by atoms with Crippen LogP contribution in [0.15, 0.2) is 42.9 Å². The highest BCUT2D eigenvalue weighted by Crippen LogP contribution is 2.37. The van der Waals surface area contributed by atoms with Crippen molar-refractivity contribution in [1.29, 1.82) is 0 Å². The number of piperidine rings is 1. The van der Waals surface area contributed by atoms with Gasteiger partial charge in [0.25, 0.3) is 5.88 Å². The summed E-state index contributed by atoms with van der Waals surface area (Å²) in [6.45, 7) is 3.43. The van der Waals surface area contributed by atoms with E-state index in [0.29, 0.717) is 6.61 Å². The molecule has 0 unspecified atom stereocenters. The molecule has 4 heterocycles. The molecule has 2 aliphatic rings. The third-order valence-electron chi connectivity index (χ3n) is 5.10. The molecule has 2 saturated heterocycles. The minimum atomic E-state index is -0.421. The molecule has 0 saturated carbocycles. The van der Waals surface area contributed by atoms with Crippen LogP contribution in [0.3, 0.4) is 0 Å². The van der Waals surface area contributed by atoms with Gasteiger partial charge in [0.1, 0.15) is 6.10 Å². The van der Waals surface area contributed by atoms with Gasteiger partial charge in [0, 0.05) is 44.6 Å². The van der Waals surface area contributed by atoms with E-state index in [9.17, 15) is 4.39 Å². The monoisotopic (exact) mass is 343 g/mol. The zero-order chi connectivity index (χ0) is 17.1. The highest BCUT2D eigenvalue weighted by Gasteiger charge is 2.43. The Morgan fingerprint density at radius 1 is 1.20 bits per heavy atom. The van der Waals surface area contributed by atoms with E-state index in [1.54, 1.807) is 12.3 Å². The first-order chi connectivity index (χ1) is 12.2. The molecule has 1 spiro atoms. The van der Waals surface area contributed by atoms with Crippen LogP contribution in [-0.2, 0) is 11.3 Å². The predicted octanol–water partition coefficient (Wildman–Crippen LogP) is 2.82. The molecule has 2 aromatic heterocycles. The molecule has 2 fully saturated rings. The Bertz CT molecular complexity index is 705. The smallest absolute Gasteiger partial charge is 0.250 e. The van der Waals surface area contributed by atoms with Crippen molar-refractivity contribution < 1.29 is 13.9 Å². The Morgan fingerprint density at radius 3 is 2.76 bits per heavy atom. The van der Waals surface area contributed by atoms with Crippen LogP contribution in [-0.4, -0.2) is 46.3 Å². The lowest BCUT2D eigenvalue weighted by Crippen LogP contribution is -2.44. The van der Waals surface area contributed by atoms with Gasteiger partial charge in [-0.05, 0) is 42.7 Å². The Morgan fingerprint density at radius 2 is 2.00 bits per heavy atom. The highest BCUT2D eigenvalue weighted by atomic mass is 19.1. The van der Waals surface area contributed by atoms with E-state index in [1.807, 2.05) is 12.4 Å². The van der Waals surface area contributed by atoms with Crippen LogP contribution < -0.4 is 4.74 Å². The summed E-state index contributed by atoms with van der Waals surface area (Å²) in [6.07, 6.45) is 7.83. The molecule has 0 N–H and O–H groups in total. The van der Waals surface area contributed by atoms with Crippen molar-refractivity contribution in [3.63, 3.8) is 0 Å². The van der Waals surface area contributed by atoms with Gasteiger partial charge in [-0.1, -0.05) is 0 Å². The quantitative estimate of drug-likeness (QED) is 0.854. The van der Waals surface area contributed by atoms with Gasteiger partial charge in [-0.15, -0.1) is 0 Å². The number of hydrogen-bond donors (Lipinski definition) is 0. The molecule has 5 nitrogen and oxygen atoms in total. The van der Waals surface area contributed by atoms with E-state index in [2.05, 4.69) is 27.0 Å². The Kier molecular flexibility index (Phi) is 4.63. The van der Waals surface area contributed by atoms with Crippen molar-refractivity contribution in [3.05, 3.63) is 54.2 Å². The largest absolute Gasteiger partial charge is 0.470 e. The summed E-state index contributed by atoms with van der Waals surface area (Å²) in [6, 6.07) is 7.04. The molecule has 6 heteroatoms. The number of likely N-dealkylation sites (tertiary alicyclic amines) is 1. The second-order valence-electron chi connectivity index (χ2n) is 6.86. The van der Waals surface area contributed by atoms with Gasteiger partial charge in [0.2, 0.25) is 0 Å². The predicted molar refractivity (Wildman–Crippen MR) is 90.7 cm³/mol. The van der Waals surface area contributed by atoms with Crippen LogP contribution in [0.2, 0.25) is 0 Å². The fourth-order valence-electron chi connectivity index (χ4n) is 3.71. The van der Waals surface area contributed by atoms with Crippen LogP contribution in [0.5, 0.6) is 5.88 Å². The van der Waals surface area contributed by atoms with Gasteiger partial charge in [-0.3, -0.25) is 9.88 Å². The third kappa shape index (κ3) is 3.80. The van der Waals surface area contributed by atoms with Crippen molar-refractivity contribution >= 4 is 0 Å². The van der Waals surface area contributed by atoms with Crippen LogP contribution in [0.25, 0.3) is 0 Å². The second kappa shape index (κ2) is 7.06. The van der Waals surface area contributed by atoms with Gasteiger partial charge >= 0.3 is 0 Å². The molecule has 0 radical (unpaired) electrons. The summed E-state index contributed by atoms with van der Waals surface area (Å²) in [5.74, 6) is -0.348. The van der Waals surface area contributed by atoms with Crippen molar-refractivity contribution in [3.8, 4) is 5.88 Å². The van der Waals surface area contributed by atoms with E-state index in [0.717, 1.165) is 38.9 Å². The van der Waals surface area contributed by atoms with Crippen LogP contribution >= 0.6 is 0 Å². The minimum absolute atomic E-state index is 0.0725. The number of halogens is 1. The SMILES string of the molecule is Fc1cccnc1O[C@@H]1COC2(CCN(Cc3ccncc3)CC2)C1. The lowest BCUT2D eigenvalue weighted by atomic mass is 9.88. The standard InChI is InChI=1S/C19H22FN3O2/c20-17-2-1-7-22-18(17)25-16-12-19(24-14-16)5-10-23(11-6-19)13-15-3-8-21-9-4-15/h1-4,7-9,16H,5-6,10-14H2/t16-/m0/s1. The number of hydrogen-bond acceptors (Lipinski definition) is 5. The summed E-state index contributed by atoms with van der Waals surface area (Å²) in [5, 5.41) is 0. The average molecular weight is 343 g/mol.